The van der Waals surface area contributed by atoms with Crippen molar-refractivity contribution in [1.82, 2.24) is 4.98 Å². The second-order valence-electron chi connectivity index (χ2n) is 5.51. The number of carboxylic acid groups (broad SMARTS) is 1. The zero-order valence-electron chi connectivity index (χ0n) is 11.7. The maximum Gasteiger partial charge on any atom is 0.313 e. The number of aliphatic carboxylic acids is 1. The molecule has 2 rings (SSSR count). The van der Waals surface area contributed by atoms with Crippen molar-refractivity contribution in [3.8, 4) is 5.75 Å². The van der Waals surface area contributed by atoms with Gasteiger partial charge in [0.15, 0.2) is 0 Å². The van der Waals surface area contributed by atoms with Crippen molar-refractivity contribution in [3.63, 3.8) is 0 Å². The zero-order chi connectivity index (χ0) is 14.2. The molecule has 19 heavy (non-hydrogen) atoms. The van der Waals surface area contributed by atoms with Crippen molar-refractivity contribution in [2.24, 2.45) is 0 Å². The number of H-pyrrole nitrogens is 1. The second-order valence-corrected chi connectivity index (χ2v) is 5.51. The van der Waals surface area contributed by atoms with Crippen LogP contribution >= 0.6 is 0 Å². The molecule has 0 amide bonds. The summed E-state index contributed by atoms with van der Waals surface area (Å²) in [5.74, 6) is -0.0897. The maximum atomic E-state index is 11.4. The average molecular weight is 261 g/mol. The van der Waals surface area contributed by atoms with Gasteiger partial charge in [-0.1, -0.05) is 0 Å². The first-order valence-electron chi connectivity index (χ1n) is 6.34. The number of aromatic nitrogens is 1. The molecule has 4 nitrogen and oxygen atoms in total. The Balaban J connectivity index is 2.54. The molecule has 2 N–H and O–H groups in total. The van der Waals surface area contributed by atoms with E-state index in [1.807, 2.05) is 32.0 Å². The van der Waals surface area contributed by atoms with Crippen LogP contribution in [0.1, 0.15) is 33.3 Å². The van der Waals surface area contributed by atoms with Gasteiger partial charge in [-0.2, -0.15) is 0 Å². The van der Waals surface area contributed by atoms with Crippen LogP contribution in [0.4, 0.5) is 0 Å². The Kier molecular flexibility index (Phi) is 3.27. The molecule has 0 aliphatic heterocycles. The zero-order valence-corrected chi connectivity index (χ0v) is 11.7. The number of rotatable bonds is 4. The number of hydrogen-bond donors (Lipinski definition) is 2. The molecule has 2 aromatic rings. The average Bonchev–Trinajstić information content (AvgIpc) is 2.71. The van der Waals surface area contributed by atoms with E-state index in [1.54, 1.807) is 20.0 Å². The fourth-order valence-corrected chi connectivity index (χ4v) is 2.08. The monoisotopic (exact) mass is 261 g/mol. The molecule has 1 aromatic heterocycles. The molecule has 0 saturated carbocycles. The van der Waals surface area contributed by atoms with Crippen LogP contribution in [0, 0.1) is 0 Å². The number of benzene rings is 1. The lowest BCUT2D eigenvalue weighted by atomic mass is 9.84. The van der Waals surface area contributed by atoms with Gasteiger partial charge in [-0.3, -0.25) is 4.79 Å². The molecule has 0 radical (unpaired) electrons. The summed E-state index contributed by atoms with van der Waals surface area (Å²) >= 11 is 0. The first-order chi connectivity index (χ1) is 8.82. The van der Waals surface area contributed by atoms with Gasteiger partial charge in [-0.05, 0) is 51.5 Å². The van der Waals surface area contributed by atoms with Gasteiger partial charge >= 0.3 is 5.97 Å². The lowest BCUT2D eigenvalue weighted by molar-refractivity contribution is -0.142. The largest absolute Gasteiger partial charge is 0.491 e. The summed E-state index contributed by atoms with van der Waals surface area (Å²) < 4.78 is 5.66. The fourth-order valence-electron chi connectivity index (χ4n) is 2.08. The Morgan fingerprint density at radius 2 is 2.05 bits per heavy atom. The first kappa shape index (κ1) is 13.5. The van der Waals surface area contributed by atoms with Gasteiger partial charge in [0, 0.05) is 17.1 Å². The highest BCUT2D eigenvalue weighted by molar-refractivity contribution is 5.92. The highest BCUT2D eigenvalue weighted by atomic mass is 16.5. The highest BCUT2D eigenvalue weighted by Gasteiger charge is 2.32. The van der Waals surface area contributed by atoms with Gasteiger partial charge in [-0.15, -0.1) is 0 Å². The molecule has 0 spiro atoms. The molecule has 102 valence electrons. The lowest BCUT2D eigenvalue weighted by Crippen LogP contribution is -2.28. The van der Waals surface area contributed by atoms with Crippen molar-refractivity contribution < 1.29 is 14.6 Å². The SMILES string of the molecule is CC(C)Oc1ccc2[nH]cc(C(C)(C)C(=O)O)c2c1. The van der Waals surface area contributed by atoms with Crippen LogP contribution in [0.3, 0.4) is 0 Å². The van der Waals surface area contributed by atoms with E-state index in [-0.39, 0.29) is 6.10 Å². The minimum atomic E-state index is -0.936. The maximum absolute atomic E-state index is 11.4. The summed E-state index contributed by atoms with van der Waals surface area (Å²) in [6.07, 6.45) is 1.85. The molecular weight excluding hydrogens is 242 g/mol. The standard InChI is InChI=1S/C15H19NO3/c1-9(2)19-10-5-6-13-11(7-10)12(8-16-13)15(3,4)14(17)18/h5-9,16H,1-4H3,(H,17,18). The number of carboxylic acids is 1. The third-order valence-corrected chi connectivity index (χ3v) is 3.23. The molecule has 0 bridgehead atoms. The minimum Gasteiger partial charge on any atom is -0.491 e. The van der Waals surface area contributed by atoms with Crippen molar-refractivity contribution in [2.75, 3.05) is 0 Å². The van der Waals surface area contributed by atoms with Crippen LogP contribution in [0.5, 0.6) is 5.75 Å². The third kappa shape index (κ3) is 2.43. The quantitative estimate of drug-likeness (QED) is 0.887. The molecule has 1 aromatic carbocycles. The summed E-state index contributed by atoms with van der Waals surface area (Å²) in [5, 5.41) is 10.2. The van der Waals surface area contributed by atoms with E-state index < -0.39 is 11.4 Å². The first-order valence-corrected chi connectivity index (χ1v) is 6.34. The molecule has 4 heteroatoms. The molecule has 0 aliphatic rings. The Labute approximate surface area is 112 Å². The van der Waals surface area contributed by atoms with Crippen LogP contribution in [-0.4, -0.2) is 22.2 Å². The minimum absolute atomic E-state index is 0.0901. The summed E-state index contributed by atoms with van der Waals surface area (Å²) in [4.78, 5) is 14.5. The van der Waals surface area contributed by atoms with Crippen molar-refractivity contribution in [1.29, 1.82) is 0 Å². The highest BCUT2D eigenvalue weighted by Crippen LogP contribution is 2.32. The van der Waals surface area contributed by atoms with Crippen LogP contribution in [0.15, 0.2) is 24.4 Å². The molecule has 1 heterocycles. The van der Waals surface area contributed by atoms with Crippen molar-refractivity contribution in [3.05, 3.63) is 30.0 Å². The van der Waals surface area contributed by atoms with Crippen LogP contribution in [0.2, 0.25) is 0 Å². The summed E-state index contributed by atoms with van der Waals surface area (Å²) in [6, 6.07) is 5.69. The number of hydrogen-bond acceptors (Lipinski definition) is 2. The van der Waals surface area contributed by atoms with Crippen LogP contribution in [-0.2, 0) is 10.2 Å². The summed E-state index contributed by atoms with van der Waals surface area (Å²) in [7, 11) is 0. The van der Waals surface area contributed by atoms with E-state index in [0.717, 1.165) is 22.2 Å². The van der Waals surface area contributed by atoms with E-state index in [9.17, 15) is 9.90 Å². The Morgan fingerprint density at radius 3 is 2.63 bits per heavy atom. The fraction of sp³-hybridized carbons (Fsp3) is 0.400. The van der Waals surface area contributed by atoms with Crippen molar-refractivity contribution >= 4 is 16.9 Å². The molecule has 0 unspecified atom stereocenters. The molecule has 0 fully saturated rings. The summed E-state index contributed by atoms with van der Waals surface area (Å²) in [5.41, 5.74) is 0.749. The van der Waals surface area contributed by atoms with E-state index in [2.05, 4.69) is 4.98 Å². The number of aromatic amines is 1. The number of fused-ring (bicyclic) bond motifs is 1. The Hall–Kier alpha value is -1.97. The number of nitrogens with one attached hydrogen (secondary N) is 1. The normalized spacial score (nSPS) is 12.1. The van der Waals surface area contributed by atoms with Gasteiger partial charge in [0.05, 0.1) is 11.5 Å². The Bertz CT molecular complexity index is 611. The van der Waals surface area contributed by atoms with Gasteiger partial charge < -0.3 is 14.8 Å². The molecule has 0 aliphatic carbocycles. The molecule has 0 atom stereocenters. The van der Waals surface area contributed by atoms with Gasteiger partial charge in [-0.25, -0.2) is 0 Å². The number of ether oxygens (including phenoxy) is 1. The van der Waals surface area contributed by atoms with Crippen LogP contribution < -0.4 is 4.74 Å². The molecular formula is C15H19NO3. The molecule has 0 saturated heterocycles. The van der Waals surface area contributed by atoms with E-state index in [1.165, 1.54) is 0 Å². The smallest absolute Gasteiger partial charge is 0.313 e. The van der Waals surface area contributed by atoms with E-state index in [0.29, 0.717) is 0 Å². The second kappa shape index (κ2) is 4.61. The summed E-state index contributed by atoms with van der Waals surface area (Å²) in [6.45, 7) is 7.33. The topological polar surface area (TPSA) is 62.3 Å². The number of carbonyl (C=O) groups is 1. The Morgan fingerprint density at radius 1 is 1.37 bits per heavy atom. The lowest BCUT2D eigenvalue weighted by Gasteiger charge is -2.18. The van der Waals surface area contributed by atoms with E-state index >= 15 is 0 Å². The van der Waals surface area contributed by atoms with E-state index in [4.69, 9.17) is 4.74 Å². The van der Waals surface area contributed by atoms with Crippen molar-refractivity contribution in [2.45, 2.75) is 39.2 Å². The van der Waals surface area contributed by atoms with Gasteiger partial charge in [0.25, 0.3) is 0 Å². The predicted octanol–water partition coefficient (Wildman–Crippen LogP) is 3.32. The van der Waals surface area contributed by atoms with Gasteiger partial charge in [0.1, 0.15) is 5.75 Å². The third-order valence-electron chi connectivity index (χ3n) is 3.23. The van der Waals surface area contributed by atoms with Crippen LogP contribution in [0.25, 0.3) is 10.9 Å². The van der Waals surface area contributed by atoms with Gasteiger partial charge in [0.2, 0.25) is 0 Å². The predicted molar refractivity (Wildman–Crippen MR) is 74.7 cm³/mol.